The molecule has 0 amide bonds. The molecule has 0 radical (unpaired) electrons. The van der Waals surface area contributed by atoms with Gasteiger partial charge in [-0.15, -0.1) is 0 Å². The molecular formula is C20H19F2N. The third kappa shape index (κ3) is 3.42. The van der Waals surface area contributed by atoms with Crippen LogP contribution in [0.4, 0.5) is 8.78 Å². The van der Waals surface area contributed by atoms with Crippen molar-refractivity contribution in [1.82, 2.24) is 0 Å². The van der Waals surface area contributed by atoms with Gasteiger partial charge >= 0.3 is 0 Å². The largest absolute Gasteiger partial charge is 0.207 e. The lowest BCUT2D eigenvalue weighted by Gasteiger charge is -2.25. The van der Waals surface area contributed by atoms with Gasteiger partial charge in [-0.2, -0.15) is 5.26 Å². The molecule has 0 fully saturated rings. The van der Waals surface area contributed by atoms with Gasteiger partial charge < -0.3 is 0 Å². The van der Waals surface area contributed by atoms with Crippen molar-refractivity contribution in [2.75, 3.05) is 0 Å². The number of halogens is 2. The summed E-state index contributed by atoms with van der Waals surface area (Å²) in [6.07, 6.45) is 4.31. The molecule has 0 spiro atoms. The van der Waals surface area contributed by atoms with Crippen molar-refractivity contribution in [3.8, 4) is 6.07 Å². The fraction of sp³-hybridized carbons (Fsp3) is 0.350. The molecule has 23 heavy (non-hydrogen) atoms. The molecule has 2 aromatic carbocycles. The Balaban J connectivity index is 1.68. The highest BCUT2D eigenvalue weighted by atomic mass is 19.1. The zero-order valence-corrected chi connectivity index (χ0v) is 13.2. The van der Waals surface area contributed by atoms with E-state index in [1.54, 1.807) is 12.1 Å². The normalized spacial score (nSPS) is 16.7. The highest BCUT2D eigenvalue weighted by Crippen LogP contribution is 2.30. The second-order valence-corrected chi connectivity index (χ2v) is 6.45. The van der Waals surface area contributed by atoms with Gasteiger partial charge in [0.15, 0.2) is 0 Å². The summed E-state index contributed by atoms with van der Waals surface area (Å²) in [4.78, 5) is 0. The lowest BCUT2D eigenvalue weighted by Crippen LogP contribution is -2.16. The first-order valence-corrected chi connectivity index (χ1v) is 8.03. The lowest BCUT2D eigenvalue weighted by molar-refractivity contribution is 0.422. The zero-order chi connectivity index (χ0) is 16.4. The summed E-state index contributed by atoms with van der Waals surface area (Å²) < 4.78 is 27.7. The molecule has 1 aliphatic carbocycles. The predicted molar refractivity (Wildman–Crippen MR) is 86.1 cm³/mol. The predicted octanol–water partition coefficient (Wildman–Crippen LogP) is 4.88. The molecule has 1 nitrogen and oxygen atoms in total. The minimum absolute atomic E-state index is 0.129. The van der Waals surface area contributed by atoms with E-state index in [-0.39, 0.29) is 11.4 Å². The second kappa shape index (κ2) is 6.50. The van der Waals surface area contributed by atoms with E-state index in [0.29, 0.717) is 12.3 Å². The maximum absolute atomic E-state index is 13.9. The number of hydrogen-bond acceptors (Lipinski definition) is 1. The number of nitriles is 1. The van der Waals surface area contributed by atoms with E-state index in [0.717, 1.165) is 47.9 Å². The molecule has 0 aromatic heterocycles. The van der Waals surface area contributed by atoms with Gasteiger partial charge in [0.2, 0.25) is 0 Å². The van der Waals surface area contributed by atoms with Crippen LogP contribution in [0.2, 0.25) is 0 Å². The monoisotopic (exact) mass is 311 g/mol. The number of fused-ring (bicyclic) bond motifs is 1. The molecule has 0 heterocycles. The molecular weight excluding hydrogens is 292 g/mol. The minimum atomic E-state index is -0.434. The van der Waals surface area contributed by atoms with Crippen molar-refractivity contribution in [1.29, 1.82) is 5.26 Å². The molecule has 1 aliphatic rings. The second-order valence-electron chi connectivity index (χ2n) is 6.45. The van der Waals surface area contributed by atoms with Crippen LogP contribution in [0.5, 0.6) is 0 Å². The number of aryl methyl sites for hydroxylation is 3. The molecule has 2 aromatic rings. The smallest absolute Gasteiger partial charge is 0.141 e. The SMILES string of the molecule is Cc1ccc(CCC2CCc3cc(C#N)c(F)cc3C2)c(F)c1. The molecule has 0 aliphatic heterocycles. The Labute approximate surface area is 135 Å². The summed E-state index contributed by atoms with van der Waals surface area (Å²) in [5.41, 5.74) is 3.90. The maximum atomic E-state index is 13.9. The molecule has 3 heteroatoms. The highest BCUT2D eigenvalue weighted by Gasteiger charge is 2.21. The van der Waals surface area contributed by atoms with Crippen LogP contribution in [0.3, 0.4) is 0 Å². The Kier molecular flexibility index (Phi) is 4.43. The highest BCUT2D eigenvalue weighted by molar-refractivity contribution is 5.41. The average Bonchev–Trinajstić information content (AvgIpc) is 2.53. The molecule has 0 saturated heterocycles. The van der Waals surface area contributed by atoms with Crippen LogP contribution in [0.1, 0.15) is 40.7 Å². The van der Waals surface area contributed by atoms with Crippen molar-refractivity contribution in [3.63, 3.8) is 0 Å². The van der Waals surface area contributed by atoms with Gasteiger partial charge in [-0.3, -0.25) is 0 Å². The number of benzene rings is 2. The first-order chi connectivity index (χ1) is 11.1. The van der Waals surface area contributed by atoms with Gasteiger partial charge in [-0.25, -0.2) is 8.78 Å². The number of rotatable bonds is 3. The van der Waals surface area contributed by atoms with Gasteiger partial charge in [0.1, 0.15) is 17.7 Å². The van der Waals surface area contributed by atoms with Crippen LogP contribution in [0.25, 0.3) is 0 Å². The van der Waals surface area contributed by atoms with Crippen LogP contribution in [0, 0.1) is 35.8 Å². The summed E-state index contributed by atoms with van der Waals surface area (Å²) >= 11 is 0. The Hall–Kier alpha value is -2.21. The topological polar surface area (TPSA) is 23.8 Å². The quantitative estimate of drug-likeness (QED) is 0.792. The van der Waals surface area contributed by atoms with Crippen molar-refractivity contribution >= 4 is 0 Å². The first-order valence-electron chi connectivity index (χ1n) is 8.03. The van der Waals surface area contributed by atoms with E-state index in [4.69, 9.17) is 5.26 Å². The van der Waals surface area contributed by atoms with Crippen molar-refractivity contribution in [3.05, 3.63) is 69.8 Å². The van der Waals surface area contributed by atoms with Crippen LogP contribution < -0.4 is 0 Å². The van der Waals surface area contributed by atoms with Crippen molar-refractivity contribution in [2.24, 2.45) is 5.92 Å². The van der Waals surface area contributed by atoms with E-state index < -0.39 is 5.82 Å². The summed E-state index contributed by atoms with van der Waals surface area (Å²) in [5.74, 6) is -0.127. The fourth-order valence-electron chi connectivity index (χ4n) is 3.40. The Morgan fingerprint density at radius 1 is 1.13 bits per heavy atom. The van der Waals surface area contributed by atoms with Gasteiger partial charge in [-0.1, -0.05) is 12.1 Å². The summed E-state index contributed by atoms with van der Waals surface area (Å²) in [6.45, 7) is 1.88. The molecule has 1 atom stereocenters. The van der Waals surface area contributed by atoms with Crippen LogP contribution in [-0.2, 0) is 19.3 Å². The third-order valence-electron chi connectivity index (χ3n) is 4.77. The zero-order valence-electron chi connectivity index (χ0n) is 13.2. The molecule has 0 N–H and O–H groups in total. The Morgan fingerprint density at radius 3 is 2.70 bits per heavy atom. The molecule has 3 rings (SSSR count). The molecule has 1 unspecified atom stereocenters. The maximum Gasteiger partial charge on any atom is 0.141 e. The van der Waals surface area contributed by atoms with Crippen LogP contribution in [-0.4, -0.2) is 0 Å². The van der Waals surface area contributed by atoms with Gasteiger partial charge in [-0.05, 0) is 85.4 Å². The van der Waals surface area contributed by atoms with E-state index in [2.05, 4.69) is 0 Å². The van der Waals surface area contributed by atoms with Gasteiger partial charge in [0, 0.05) is 0 Å². The van der Waals surface area contributed by atoms with Gasteiger partial charge in [0.05, 0.1) is 5.56 Å². The number of nitrogens with zero attached hydrogens (tertiary/aromatic N) is 1. The fourth-order valence-corrected chi connectivity index (χ4v) is 3.40. The average molecular weight is 311 g/mol. The summed E-state index contributed by atoms with van der Waals surface area (Å²) in [5, 5.41) is 8.90. The van der Waals surface area contributed by atoms with E-state index in [1.165, 1.54) is 6.07 Å². The number of hydrogen-bond donors (Lipinski definition) is 0. The third-order valence-corrected chi connectivity index (χ3v) is 4.77. The summed E-state index contributed by atoms with van der Waals surface area (Å²) in [7, 11) is 0. The van der Waals surface area contributed by atoms with Crippen molar-refractivity contribution < 1.29 is 8.78 Å². The van der Waals surface area contributed by atoms with Crippen LogP contribution in [0.15, 0.2) is 30.3 Å². The first kappa shape index (κ1) is 15.7. The van der Waals surface area contributed by atoms with E-state index >= 15 is 0 Å². The lowest BCUT2D eigenvalue weighted by atomic mass is 9.80. The van der Waals surface area contributed by atoms with E-state index in [1.807, 2.05) is 25.1 Å². The van der Waals surface area contributed by atoms with Gasteiger partial charge in [0.25, 0.3) is 0 Å². The van der Waals surface area contributed by atoms with E-state index in [9.17, 15) is 8.78 Å². The Morgan fingerprint density at radius 2 is 1.96 bits per heavy atom. The molecule has 118 valence electrons. The molecule has 0 bridgehead atoms. The molecule has 0 saturated carbocycles. The minimum Gasteiger partial charge on any atom is -0.207 e. The standard InChI is InChI=1S/C20H19F2N/c1-13-2-5-15(19(21)8-13)6-3-14-4-7-16-10-18(12-23)20(22)11-17(16)9-14/h2,5,8,10-11,14H,3-4,6-7,9H2,1H3. The Bertz CT molecular complexity index is 774. The summed E-state index contributed by atoms with van der Waals surface area (Å²) in [6, 6.07) is 10.5. The van der Waals surface area contributed by atoms with Crippen molar-refractivity contribution in [2.45, 2.75) is 39.0 Å². The van der Waals surface area contributed by atoms with Crippen LogP contribution >= 0.6 is 0 Å².